The van der Waals surface area contributed by atoms with Gasteiger partial charge in [0.2, 0.25) is 15.9 Å². The Morgan fingerprint density at radius 2 is 1.83 bits per heavy atom. The molecule has 0 aliphatic rings. The lowest BCUT2D eigenvalue weighted by molar-refractivity contribution is -0.122. The van der Waals surface area contributed by atoms with Gasteiger partial charge in [-0.3, -0.25) is 9.10 Å². The summed E-state index contributed by atoms with van der Waals surface area (Å²) in [4.78, 5) is 12.7. The molecule has 0 aromatic heterocycles. The highest BCUT2D eigenvalue weighted by atomic mass is 32.2. The number of halogens is 1. The van der Waals surface area contributed by atoms with Crippen molar-refractivity contribution in [2.75, 3.05) is 23.7 Å². The maximum Gasteiger partial charge on any atom is 0.244 e. The van der Waals surface area contributed by atoms with E-state index in [0.29, 0.717) is 0 Å². The molecule has 0 unspecified atom stereocenters. The number of anilines is 1. The van der Waals surface area contributed by atoms with E-state index in [-0.39, 0.29) is 25.3 Å². The van der Waals surface area contributed by atoms with Crippen molar-refractivity contribution in [1.29, 1.82) is 0 Å². The SMILES string of the molecule is CC[C@H](C(=O)NCCOc1cc(C)ccc1C)N(c1ccc(F)cc1)S(C)(=O)=O. The standard InChI is InChI=1S/C21H27FN2O4S/c1-5-19(24(29(4,26)27)18-10-8-17(22)9-11-18)21(25)23-12-13-28-20-14-15(2)6-7-16(20)3/h6-11,14,19H,5,12-13H2,1-4H3,(H,23,25)/t19-/m1/s1. The number of hydrogen-bond donors (Lipinski definition) is 1. The summed E-state index contributed by atoms with van der Waals surface area (Å²) in [6.07, 6.45) is 1.28. The topological polar surface area (TPSA) is 75.7 Å². The van der Waals surface area contributed by atoms with E-state index < -0.39 is 27.8 Å². The van der Waals surface area contributed by atoms with Crippen LogP contribution in [0.5, 0.6) is 5.75 Å². The Kier molecular flexibility index (Phi) is 7.61. The molecule has 8 heteroatoms. The van der Waals surface area contributed by atoms with Crippen LogP contribution >= 0.6 is 0 Å². The molecule has 2 aromatic rings. The van der Waals surface area contributed by atoms with Crippen LogP contribution in [0.25, 0.3) is 0 Å². The molecule has 29 heavy (non-hydrogen) atoms. The van der Waals surface area contributed by atoms with Gasteiger partial charge >= 0.3 is 0 Å². The van der Waals surface area contributed by atoms with Crippen molar-refractivity contribution >= 4 is 21.6 Å². The van der Waals surface area contributed by atoms with Gasteiger partial charge in [-0.15, -0.1) is 0 Å². The number of nitrogens with one attached hydrogen (secondary N) is 1. The molecule has 1 N–H and O–H groups in total. The molecule has 0 spiro atoms. The molecule has 2 aromatic carbocycles. The number of carbonyl (C=O) groups excluding carboxylic acids is 1. The predicted octanol–water partition coefficient (Wildman–Crippen LogP) is 3.18. The van der Waals surface area contributed by atoms with Crippen molar-refractivity contribution in [2.24, 2.45) is 0 Å². The smallest absolute Gasteiger partial charge is 0.244 e. The normalized spacial score (nSPS) is 12.3. The number of carbonyl (C=O) groups is 1. The fourth-order valence-electron chi connectivity index (χ4n) is 2.96. The molecular formula is C21H27FN2O4S. The first-order valence-electron chi connectivity index (χ1n) is 9.36. The van der Waals surface area contributed by atoms with Crippen molar-refractivity contribution in [1.82, 2.24) is 5.32 Å². The summed E-state index contributed by atoms with van der Waals surface area (Å²) in [5.41, 5.74) is 2.30. The van der Waals surface area contributed by atoms with Crippen LogP contribution in [-0.4, -0.2) is 39.8 Å². The van der Waals surface area contributed by atoms with E-state index in [1.807, 2.05) is 32.0 Å². The molecule has 0 saturated carbocycles. The van der Waals surface area contributed by atoms with Crippen LogP contribution in [0.3, 0.4) is 0 Å². The van der Waals surface area contributed by atoms with Crippen LogP contribution in [0.4, 0.5) is 10.1 Å². The van der Waals surface area contributed by atoms with Gasteiger partial charge in [0.05, 0.1) is 18.5 Å². The van der Waals surface area contributed by atoms with Crippen molar-refractivity contribution in [3.8, 4) is 5.75 Å². The number of rotatable bonds is 9. The second-order valence-electron chi connectivity index (χ2n) is 6.87. The van der Waals surface area contributed by atoms with Crippen LogP contribution in [0, 0.1) is 19.7 Å². The summed E-state index contributed by atoms with van der Waals surface area (Å²) in [7, 11) is -3.75. The third-order valence-electron chi connectivity index (χ3n) is 4.41. The summed E-state index contributed by atoms with van der Waals surface area (Å²) in [6, 6.07) is 9.94. The molecule has 0 bridgehead atoms. The maximum absolute atomic E-state index is 13.2. The van der Waals surface area contributed by atoms with E-state index in [0.717, 1.165) is 39.6 Å². The zero-order chi connectivity index (χ0) is 21.6. The number of nitrogens with zero attached hydrogens (tertiary/aromatic N) is 1. The first-order valence-corrected chi connectivity index (χ1v) is 11.2. The zero-order valence-corrected chi connectivity index (χ0v) is 17.9. The molecule has 0 aliphatic heterocycles. The third-order valence-corrected chi connectivity index (χ3v) is 5.59. The summed E-state index contributed by atoms with van der Waals surface area (Å²) in [6.45, 7) is 6.10. The molecule has 0 saturated heterocycles. The molecular weight excluding hydrogens is 395 g/mol. The van der Waals surface area contributed by atoms with Gasteiger partial charge in [0, 0.05) is 0 Å². The van der Waals surface area contributed by atoms with E-state index in [2.05, 4.69) is 5.32 Å². The lowest BCUT2D eigenvalue weighted by Gasteiger charge is -2.30. The number of amides is 1. The Hall–Kier alpha value is -2.61. The van der Waals surface area contributed by atoms with Gasteiger partial charge in [0.1, 0.15) is 24.2 Å². The van der Waals surface area contributed by atoms with Crippen LogP contribution in [-0.2, 0) is 14.8 Å². The monoisotopic (exact) mass is 422 g/mol. The molecule has 0 radical (unpaired) electrons. The van der Waals surface area contributed by atoms with Gasteiger partial charge in [-0.1, -0.05) is 19.1 Å². The first kappa shape index (κ1) is 22.7. The second-order valence-corrected chi connectivity index (χ2v) is 8.73. The molecule has 0 fully saturated rings. The van der Waals surface area contributed by atoms with Gasteiger partial charge in [-0.05, 0) is 61.7 Å². The second kappa shape index (κ2) is 9.73. The van der Waals surface area contributed by atoms with Gasteiger partial charge in [-0.2, -0.15) is 0 Å². The lowest BCUT2D eigenvalue weighted by Crippen LogP contribution is -2.50. The number of sulfonamides is 1. The molecule has 0 aliphatic carbocycles. The average Bonchev–Trinajstić information content (AvgIpc) is 2.65. The zero-order valence-electron chi connectivity index (χ0n) is 17.1. The van der Waals surface area contributed by atoms with Gasteiger partial charge in [-0.25, -0.2) is 12.8 Å². The van der Waals surface area contributed by atoms with E-state index >= 15 is 0 Å². The number of benzene rings is 2. The summed E-state index contributed by atoms with van der Waals surface area (Å²) in [5, 5.41) is 2.73. The van der Waals surface area contributed by atoms with Crippen LogP contribution in [0.1, 0.15) is 24.5 Å². The number of ether oxygens (including phenoxy) is 1. The number of aryl methyl sites for hydroxylation is 2. The Morgan fingerprint density at radius 1 is 1.17 bits per heavy atom. The van der Waals surface area contributed by atoms with Crippen molar-refractivity contribution < 1.29 is 22.3 Å². The summed E-state index contributed by atoms with van der Waals surface area (Å²) >= 11 is 0. The van der Waals surface area contributed by atoms with Crippen LogP contribution < -0.4 is 14.4 Å². The van der Waals surface area contributed by atoms with E-state index in [4.69, 9.17) is 4.74 Å². The van der Waals surface area contributed by atoms with Crippen molar-refractivity contribution in [3.63, 3.8) is 0 Å². The lowest BCUT2D eigenvalue weighted by atomic mass is 10.1. The van der Waals surface area contributed by atoms with E-state index in [1.54, 1.807) is 6.92 Å². The summed E-state index contributed by atoms with van der Waals surface area (Å²) in [5.74, 6) is -0.175. The van der Waals surface area contributed by atoms with E-state index in [1.165, 1.54) is 12.1 Å². The number of hydrogen-bond acceptors (Lipinski definition) is 4. The fraction of sp³-hybridized carbons (Fsp3) is 0.381. The molecule has 1 atom stereocenters. The Labute approximate surface area is 171 Å². The highest BCUT2D eigenvalue weighted by Crippen LogP contribution is 2.23. The minimum absolute atomic E-state index is 0.226. The largest absolute Gasteiger partial charge is 0.491 e. The quantitative estimate of drug-likeness (QED) is 0.630. The molecule has 1 amide bonds. The van der Waals surface area contributed by atoms with Gasteiger partial charge in [0.15, 0.2) is 0 Å². The Balaban J connectivity index is 2.05. The van der Waals surface area contributed by atoms with Crippen molar-refractivity contribution in [3.05, 3.63) is 59.4 Å². The molecule has 0 heterocycles. The minimum Gasteiger partial charge on any atom is -0.491 e. The Bertz CT molecular complexity index is 946. The van der Waals surface area contributed by atoms with E-state index in [9.17, 15) is 17.6 Å². The minimum atomic E-state index is -3.75. The van der Waals surface area contributed by atoms with Crippen molar-refractivity contribution in [2.45, 2.75) is 33.2 Å². The summed E-state index contributed by atoms with van der Waals surface area (Å²) < 4.78 is 44.6. The average molecular weight is 423 g/mol. The predicted molar refractivity (Wildman–Crippen MR) is 112 cm³/mol. The highest BCUT2D eigenvalue weighted by molar-refractivity contribution is 7.92. The maximum atomic E-state index is 13.2. The van der Waals surface area contributed by atoms with Gasteiger partial charge < -0.3 is 10.1 Å². The first-order chi connectivity index (χ1) is 13.6. The Morgan fingerprint density at radius 3 is 2.41 bits per heavy atom. The molecule has 2 rings (SSSR count). The highest BCUT2D eigenvalue weighted by Gasteiger charge is 2.31. The van der Waals surface area contributed by atoms with Crippen LogP contribution in [0.2, 0.25) is 0 Å². The van der Waals surface area contributed by atoms with Gasteiger partial charge in [0.25, 0.3) is 0 Å². The van der Waals surface area contributed by atoms with Crippen LogP contribution in [0.15, 0.2) is 42.5 Å². The fourth-order valence-corrected chi connectivity index (χ4v) is 4.18. The molecule has 158 valence electrons. The third kappa shape index (κ3) is 6.19. The molecule has 6 nitrogen and oxygen atoms in total.